The molecule has 2 amide bonds. The van der Waals surface area contributed by atoms with Crippen LogP contribution in [0.25, 0.3) is 17.4 Å². The Morgan fingerprint density at radius 3 is 2.51 bits per heavy atom. The summed E-state index contributed by atoms with van der Waals surface area (Å²) in [6, 6.07) is 16.7. The normalized spacial score (nSPS) is 14.9. The number of amides is 2. The van der Waals surface area contributed by atoms with E-state index < -0.39 is 0 Å². The zero-order valence-electron chi connectivity index (χ0n) is 20.2. The van der Waals surface area contributed by atoms with Crippen molar-refractivity contribution in [1.82, 2.24) is 4.90 Å². The number of aryl methyl sites for hydroxylation is 1. The molecule has 1 saturated heterocycles. The summed E-state index contributed by atoms with van der Waals surface area (Å²) in [6.45, 7) is 8.10. The maximum Gasteiger partial charge on any atom is 0.293 e. The van der Waals surface area contributed by atoms with E-state index in [0.717, 1.165) is 34.2 Å². The van der Waals surface area contributed by atoms with E-state index >= 15 is 0 Å². The van der Waals surface area contributed by atoms with Crippen LogP contribution < -0.4 is 4.74 Å². The van der Waals surface area contributed by atoms with Crippen LogP contribution in [0.4, 0.5) is 4.79 Å². The monoisotopic (exact) mass is 489 g/mol. The Labute approximate surface area is 209 Å². The quantitative estimate of drug-likeness (QED) is 0.259. The molecular formula is C28H27NO5S. The number of rotatable bonds is 8. The van der Waals surface area contributed by atoms with Gasteiger partial charge in [-0.1, -0.05) is 50.2 Å². The van der Waals surface area contributed by atoms with Gasteiger partial charge in [0.1, 0.15) is 23.9 Å². The number of benzene rings is 2. The molecule has 0 spiro atoms. The third-order valence-corrected chi connectivity index (χ3v) is 6.62. The summed E-state index contributed by atoms with van der Waals surface area (Å²) in [5.41, 5.74) is 3.62. The number of hydrogen-bond donors (Lipinski definition) is 0. The SMILES string of the molecule is CC(=O)c1ccc(-c2ccc(/C=C3\SC(=O)N(CCOc4cc(C)ccc4C(C)C)C3=O)o2)cc1. The number of Topliss-reactive ketones (excluding diaryl/α,β-unsaturated/α-hetero) is 1. The van der Waals surface area contributed by atoms with Crippen LogP contribution in [0.15, 0.2) is 63.9 Å². The average molecular weight is 490 g/mol. The lowest BCUT2D eigenvalue weighted by atomic mass is 10.0. The molecule has 2 aromatic carbocycles. The van der Waals surface area contributed by atoms with Gasteiger partial charge >= 0.3 is 0 Å². The summed E-state index contributed by atoms with van der Waals surface area (Å²) in [6.07, 6.45) is 1.58. The van der Waals surface area contributed by atoms with Crippen LogP contribution in [-0.4, -0.2) is 35.0 Å². The molecule has 180 valence electrons. The Morgan fingerprint density at radius 2 is 1.83 bits per heavy atom. The summed E-state index contributed by atoms with van der Waals surface area (Å²) in [5.74, 6) is 1.80. The van der Waals surface area contributed by atoms with E-state index in [4.69, 9.17) is 9.15 Å². The smallest absolute Gasteiger partial charge is 0.293 e. The van der Waals surface area contributed by atoms with Crippen LogP contribution in [-0.2, 0) is 4.79 Å². The van der Waals surface area contributed by atoms with Crippen LogP contribution in [0.3, 0.4) is 0 Å². The van der Waals surface area contributed by atoms with E-state index in [2.05, 4.69) is 13.8 Å². The molecule has 0 aliphatic carbocycles. The largest absolute Gasteiger partial charge is 0.491 e. The van der Waals surface area contributed by atoms with Gasteiger partial charge in [0.05, 0.1) is 11.4 Å². The van der Waals surface area contributed by atoms with Crippen molar-refractivity contribution in [2.75, 3.05) is 13.2 Å². The fraction of sp³-hybridized carbons (Fsp3) is 0.250. The zero-order valence-corrected chi connectivity index (χ0v) is 21.0. The number of ketones is 1. The first-order valence-corrected chi connectivity index (χ1v) is 12.2. The Hall–Kier alpha value is -3.58. The Bertz CT molecular complexity index is 1300. The number of ether oxygens (including phenoxy) is 1. The molecule has 0 atom stereocenters. The highest BCUT2D eigenvalue weighted by atomic mass is 32.2. The van der Waals surface area contributed by atoms with Gasteiger partial charge in [-0.2, -0.15) is 0 Å². The molecule has 0 radical (unpaired) electrons. The molecule has 0 N–H and O–H groups in total. The van der Waals surface area contributed by atoms with Gasteiger partial charge in [-0.3, -0.25) is 19.3 Å². The Kier molecular flexibility index (Phi) is 7.26. The first-order valence-electron chi connectivity index (χ1n) is 11.4. The Morgan fingerprint density at radius 1 is 1.09 bits per heavy atom. The van der Waals surface area contributed by atoms with Gasteiger partial charge in [0, 0.05) is 17.2 Å². The van der Waals surface area contributed by atoms with Crippen molar-refractivity contribution in [1.29, 1.82) is 0 Å². The van der Waals surface area contributed by atoms with Crippen molar-refractivity contribution in [2.24, 2.45) is 0 Å². The molecule has 1 fully saturated rings. The summed E-state index contributed by atoms with van der Waals surface area (Å²) >= 11 is 0.889. The standard InChI is InChI=1S/C28H27NO5S/c1-17(2)23-11-5-18(3)15-25(23)33-14-13-29-27(31)26(35-28(29)32)16-22-10-12-24(34-22)21-8-6-20(7-9-21)19(4)30/h5-12,15-17H,13-14H2,1-4H3/b26-16-. The number of thioether (sulfide) groups is 1. The molecule has 0 bridgehead atoms. The molecule has 0 unspecified atom stereocenters. The molecule has 35 heavy (non-hydrogen) atoms. The molecular weight excluding hydrogens is 462 g/mol. The molecule has 1 aliphatic rings. The molecule has 1 aromatic heterocycles. The number of carbonyl (C=O) groups excluding carboxylic acids is 3. The summed E-state index contributed by atoms with van der Waals surface area (Å²) in [7, 11) is 0. The summed E-state index contributed by atoms with van der Waals surface area (Å²) in [4.78, 5) is 38.3. The van der Waals surface area contributed by atoms with E-state index in [1.165, 1.54) is 11.8 Å². The lowest BCUT2D eigenvalue weighted by Crippen LogP contribution is -2.32. The maximum absolute atomic E-state index is 12.9. The highest BCUT2D eigenvalue weighted by Crippen LogP contribution is 2.34. The minimum Gasteiger partial charge on any atom is -0.491 e. The van der Waals surface area contributed by atoms with Crippen LogP contribution in [0, 0.1) is 6.92 Å². The van der Waals surface area contributed by atoms with E-state index in [1.807, 2.05) is 37.3 Å². The molecule has 3 aromatic rings. The molecule has 7 heteroatoms. The predicted molar refractivity (Wildman–Crippen MR) is 138 cm³/mol. The van der Waals surface area contributed by atoms with Crippen molar-refractivity contribution < 1.29 is 23.5 Å². The number of carbonyl (C=O) groups is 3. The number of imide groups is 1. The van der Waals surface area contributed by atoms with Crippen LogP contribution >= 0.6 is 11.8 Å². The van der Waals surface area contributed by atoms with E-state index in [1.54, 1.807) is 30.3 Å². The van der Waals surface area contributed by atoms with Crippen LogP contribution in [0.5, 0.6) is 5.75 Å². The van der Waals surface area contributed by atoms with E-state index in [-0.39, 0.29) is 30.1 Å². The third kappa shape index (κ3) is 5.57. The van der Waals surface area contributed by atoms with Crippen LogP contribution in [0.1, 0.15) is 53.9 Å². The molecule has 6 nitrogen and oxygen atoms in total. The van der Waals surface area contributed by atoms with E-state index in [9.17, 15) is 14.4 Å². The van der Waals surface area contributed by atoms with Crippen molar-refractivity contribution in [3.05, 3.63) is 82.0 Å². The topological polar surface area (TPSA) is 76.8 Å². The highest BCUT2D eigenvalue weighted by Gasteiger charge is 2.35. The fourth-order valence-electron chi connectivity index (χ4n) is 3.77. The second-order valence-corrected chi connectivity index (χ2v) is 9.71. The fourth-order valence-corrected chi connectivity index (χ4v) is 4.61. The van der Waals surface area contributed by atoms with Crippen molar-refractivity contribution in [2.45, 2.75) is 33.6 Å². The average Bonchev–Trinajstić information content (AvgIpc) is 3.39. The van der Waals surface area contributed by atoms with Gasteiger partial charge in [0.15, 0.2) is 5.78 Å². The van der Waals surface area contributed by atoms with Crippen molar-refractivity contribution >= 4 is 34.8 Å². The van der Waals surface area contributed by atoms with Crippen molar-refractivity contribution in [3.63, 3.8) is 0 Å². The maximum atomic E-state index is 12.9. The lowest BCUT2D eigenvalue weighted by Gasteiger charge is -2.17. The zero-order chi connectivity index (χ0) is 25.1. The summed E-state index contributed by atoms with van der Waals surface area (Å²) in [5, 5.41) is -0.329. The third-order valence-electron chi connectivity index (χ3n) is 5.71. The predicted octanol–water partition coefficient (Wildman–Crippen LogP) is 6.70. The minimum absolute atomic E-state index is 0.00273. The van der Waals surface area contributed by atoms with Gasteiger partial charge in [0.2, 0.25) is 0 Å². The van der Waals surface area contributed by atoms with E-state index in [0.29, 0.717) is 27.9 Å². The Balaban J connectivity index is 1.41. The summed E-state index contributed by atoms with van der Waals surface area (Å²) < 4.78 is 11.8. The number of hydrogen-bond acceptors (Lipinski definition) is 6. The number of furan rings is 1. The van der Waals surface area contributed by atoms with Gasteiger partial charge in [-0.15, -0.1) is 0 Å². The highest BCUT2D eigenvalue weighted by molar-refractivity contribution is 8.18. The van der Waals surface area contributed by atoms with Gasteiger partial charge in [-0.05, 0) is 60.9 Å². The van der Waals surface area contributed by atoms with Gasteiger partial charge in [0.25, 0.3) is 11.1 Å². The molecule has 4 rings (SSSR count). The first kappa shape index (κ1) is 24.5. The number of nitrogens with zero attached hydrogens (tertiary/aromatic N) is 1. The minimum atomic E-state index is -0.360. The first-order chi connectivity index (χ1) is 16.7. The lowest BCUT2D eigenvalue weighted by molar-refractivity contribution is -0.123. The second kappa shape index (κ2) is 10.4. The second-order valence-electron chi connectivity index (χ2n) is 8.71. The molecule has 0 saturated carbocycles. The van der Waals surface area contributed by atoms with Gasteiger partial charge < -0.3 is 9.15 Å². The van der Waals surface area contributed by atoms with Gasteiger partial charge in [-0.25, -0.2) is 0 Å². The molecule has 2 heterocycles. The van der Waals surface area contributed by atoms with Crippen molar-refractivity contribution in [3.8, 4) is 17.1 Å². The van der Waals surface area contributed by atoms with Crippen LogP contribution in [0.2, 0.25) is 0 Å². The molecule has 1 aliphatic heterocycles.